The largest absolute Gasteiger partial charge is 0.493 e. The molecule has 112 valence electrons. The Morgan fingerprint density at radius 1 is 0.857 bits per heavy atom. The van der Waals surface area contributed by atoms with Crippen LogP contribution in [0, 0.1) is 0 Å². The number of para-hydroxylation sites is 1. The number of hydrogen-bond donors (Lipinski definition) is 2. The van der Waals surface area contributed by atoms with Gasteiger partial charge in [-0.25, -0.2) is 0 Å². The topological polar surface area (TPSA) is 47.3 Å². The van der Waals surface area contributed by atoms with Crippen LogP contribution in [-0.2, 0) is 0 Å². The molecule has 3 N–H and O–H groups in total. The van der Waals surface area contributed by atoms with Gasteiger partial charge >= 0.3 is 0 Å². The number of ether oxygens (including phenoxy) is 1. The van der Waals surface area contributed by atoms with Crippen LogP contribution in [0.3, 0.4) is 0 Å². The summed E-state index contributed by atoms with van der Waals surface area (Å²) in [6.07, 6.45) is 2.15. The summed E-state index contributed by atoms with van der Waals surface area (Å²) in [4.78, 5) is 0. The van der Waals surface area contributed by atoms with E-state index in [9.17, 15) is 0 Å². The average molecular weight is 284 g/mol. The Morgan fingerprint density at radius 2 is 1.62 bits per heavy atom. The molecule has 3 nitrogen and oxygen atoms in total. The standard InChI is InChI=1S/C18H24N2O/c19-12-14-20-13-6-7-15-21-18-11-5-4-10-17(18)16-8-2-1-3-9-16/h1-5,8-11,20H,6-7,12-15,19H2. The van der Waals surface area contributed by atoms with Crippen molar-refractivity contribution in [2.75, 3.05) is 26.2 Å². The first-order chi connectivity index (χ1) is 10.4. The van der Waals surface area contributed by atoms with Crippen LogP contribution in [0.2, 0.25) is 0 Å². The van der Waals surface area contributed by atoms with E-state index in [0.29, 0.717) is 6.54 Å². The highest BCUT2D eigenvalue weighted by molar-refractivity contribution is 5.70. The van der Waals surface area contributed by atoms with Crippen LogP contribution >= 0.6 is 0 Å². The number of nitrogens with two attached hydrogens (primary N) is 1. The van der Waals surface area contributed by atoms with Crippen LogP contribution in [0.1, 0.15) is 12.8 Å². The van der Waals surface area contributed by atoms with Gasteiger partial charge in [0.15, 0.2) is 0 Å². The van der Waals surface area contributed by atoms with Gasteiger partial charge in [0, 0.05) is 18.7 Å². The summed E-state index contributed by atoms with van der Waals surface area (Å²) in [6.45, 7) is 3.33. The van der Waals surface area contributed by atoms with E-state index in [4.69, 9.17) is 10.5 Å². The highest BCUT2D eigenvalue weighted by Gasteiger charge is 2.04. The lowest BCUT2D eigenvalue weighted by Gasteiger charge is -2.11. The molecule has 0 saturated heterocycles. The minimum absolute atomic E-state index is 0.695. The molecule has 0 radical (unpaired) electrons. The molecule has 0 saturated carbocycles. The van der Waals surface area contributed by atoms with Crippen LogP contribution in [0.25, 0.3) is 11.1 Å². The Bertz CT molecular complexity index is 514. The van der Waals surface area contributed by atoms with Crippen molar-refractivity contribution >= 4 is 0 Å². The molecule has 0 heterocycles. The van der Waals surface area contributed by atoms with Crippen molar-refractivity contribution < 1.29 is 4.74 Å². The first-order valence-corrected chi connectivity index (χ1v) is 7.60. The van der Waals surface area contributed by atoms with E-state index in [0.717, 1.165) is 43.9 Å². The molecule has 0 unspecified atom stereocenters. The van der Waals surface area contributed by atoms with Gasteiger partial charge in [0.2, 0.25) is 0 Å². The fraction of sp³-hybridized carbons (Fsp3) is 0.333. The summed E-state index contributed by atoms with van der Waals surface area (Å²) in [6, 6.07) is 18.6. The Kier molecular flexibility index (Phi) is 6.78. The molecule has 0 aliphatic carbocycles. The third kappa shape index (κ3) is 5.21. The smallest absolute Gasteiger partial charge is 0.127 e. The molecule has 0 aliphatic heterocycles. The van der Waals surface area contributed by atoms with Gasteiger partial charge in [-0.3, -0.25) is 0 Å². The zero-order valence-electron chi connectivity index (χ0n) is 12.4. The maximum absolute atomic E-state index is 5.95. The summed E-state index contributed by atoms with van der Waals surface area (Å²) in [5.74, 6) is 0.957. The third-order valence-corrected chi connectivity index (χ3v) is 3.30. The van der Waals surface area contributed by atoms with E-state index in [-0.39, 0.29) is 0 Å². The van der Waals surface area contributed by atoms with Crippen molar-refractivity contribution in [3.63, 3.8) is 0 Å². The first-order valence-electron chi connectivity index (χ1n) is 7.60. The zero-order chi connectivity index (χ0) is 14.8. The summed E-state index contributed by atoms with van der Waals surface area (Å²) in [7, 11) is 0. The van der Waals surface area contributed by atoms with Crippen molar-refractivity contribution in [3.8, 4) is 16.9 Å². The van der Waals surface area contributed by atoms with E-state index >= 15 is 0 Å². The molecule has 2 aromatic rings. The van der Waals surface area contributed by atoms with E-state index in [2.05, 4.69) is 35.6 Å². The maximum atomic E-state index is 5.95. The first kappa shape index (κ1) is 15.5. The average Bonchev–Trinajstić information content (AvgIpc) is 2.55. The van der Waals surface area contributed by atoms with Gasteiger partial charge in [-0.1, -0.05) is 48.5 Å². The molecule has 0 aromatic heterocycles. The van der Waals surface area contributed by atoms with Crippen LogP contribution in [-0.4, -0.2) is 26.2 Å². The number of nitrogens with one attached hydrogen (secondary N) is 1. The molecule has 2 rings (SSSR count). The lowest BCUT2D eigenvalue weighted by molar-refractivity contribution is 0.307. The molecule has 2 aromatic carbocycles. The second-order valence-electron chi connectivity index (χ2n) is 4.96. The minimum Gasteiger partial charge on any atom is -0.493 e. The highest BCUT2D eigenvalue weighted by atomic mass is 16.5. The molecule has 0 aliphatic rings. The summed E-state index contributed by atoms with van der Waals surface area (Å²) in [5.41, 5.74) is 7.77. The lowest BCUT2D eigenvalue weighted by atomic mass is 10.1. The number of hydrogen-bond acceptors (Lipinski definition) is 3. The Morgan fingerprint density at radius 3 is 2.43 bits per heavy atom. The molecule has 0 atom stereocenters. The normalized spacial score (nSPS) is 10.5. The van der Waals surface area contributed by atoms with Gasteiger partial charge in [-0.05, 0) is 31.0 Å². The number of rotatable bonds is 9. The zero-order valence-corrected chi connectivity index (χ0v) is 12.4. The molecular weight excluding hydrogens is 260 g/mol. The van der Waals surface area contributed by atoms with Crippen molar-refractivity contribution in [1.29, 1.82) is 0 Å². The number of unbranched alkanes of at least 4 members (excludes halogenated alkanes) is 1. The van der Waals surface area contributed by atoms with Gasteiger partial charge in [0.25, 0.3) is 0 Å². The fourth-order valence-electron chi connectivity index (χ4n) is 2.21. The van der Waals surface area contributed by atoms with Gasteiger partial charge in [-0.2, -0.15) is 0 Å². The van der Waals surface area contributed by atoms with Crippen LogP contribution in [0.4, 0.5) is 0 Å². The van der Waals surface area contributed by atoms with Crippen molar-refractivity contribution in [2.45, 2.75) is 12.8 Å². The Labute approximate surface area is 127 Å². The molecule has 21 heavy (non-hydrogen) atoms. The van der Waals surface area contributed by atoms with E-state index < -0.39 is 0 Å². The maximum Gasteiger partial charge on any atom is 0.127 e. The van der Waals surface area contributed by atoms with E-state index in [1.807, 2.05) is 24.3 Å². The summed E-state index contributed by atoms with van der Waals surface area (Å²) >= 11 is 0. The highest BCUT2D eigenvalue weighted by Crippen LogP contribution is 2.29. The monoisotopic (exact) mass is 284 g/mol. The second kappa shape index (κ2) is 9.16. The lowest BCUT2D eigenvalue weighted by Crippen LogP contribution is -2.23. The molecule has 0 spiro atoms. The third-order valence-electron chi connectivity index (χ3n) is 3.30. The van der Waals surface area contributed by atoms with Gasteiger partial charge < -0.3 is 15.8 Å². The summed E-state index contributed by atoms with van der Waals surface area (Å²) < 4.78 is 5.95. The van der Waals surface area contributed by atoms with Crippen molar-refractivity contribution in [2.24, 2.45) is 5.73 Å². The predicted octanol–water partition coefficient (Wildman–Crippen LogP) is 3.06. The minimum atomic E-state index is 0.695. The van der Waals surface area contributed by atoms with Crippen LogP contribution in [0.15, 0.2) is 54.6 Å². The predicted molar refractivity (Wildman–Crippen MR) is 88.5 cm³/mol. The quantitative estimate of drug-likeness (QED) is 0.696. The second-order valence-corrected chi connectivity index (χ2v) is 4.96. The number of benzene rings is 2. The molecule has 0 amide bonds. The van der Waals surface area contributed by atoms with Gasteiger partial charge in [-0.15, -0.1) is 0 Å². The molecule has 0 bridgehead atoms. The van der Waals surface area contributed by atoms with Crippen LogP contribution in [0.5, 0.6) is 5.75 Å². The van der Waals surface area contributed by atoms with Crippen molar-refractivity contribution in [1.82, 2.24) is 5.32 Å². The summed E-state index contributed by atoms with van der Waals surface area (Å²) in [5, 5.41) is 3.29. The van der Waals surface area contributed by atoms with E-state index in [1.54, 1.807) is 0 Å². The molecule has 0 fully saturated rings. The molecular formula is C18H24N2O. The van der Waals surface area contributed by atoms with Gasteiger partial charge in [0.1, 0.15) is 5.75 Å². The van der Waals surface area contributed by atoms with Crippen LogP contribution < -0.4 is 15.8 Å². The molecule has 3 heteroatoms. The van der Waals surface area contributed by atoms with Crippen molar-refractivity contribution in [3.05, 3.63) is 54.6 Å². The Hall–Kier alpha value is -1.84. The Balaban J connectivity index is 1.84. The fourth-order valence-corrected chi connectivity index (χ4v) is 2.21. The van der Waals surface area contributed by atoms with Gasteiger partial charge in [0.05, 0.1) is 6.61 Å². The SMILES string of the molecule is NCCNCCCCOc1ccccc1-c1ccccc1. The van der Waals surface area contributed by atoms with E-state index in [1.165, 1.54) is 5.56 Å².